The Morgan fingerprint density at radius 2 is 1.96 bits per heavy atom. The molecular formula is C22H20N4O2. The van der Waals surface area contributed by atoms with E-state index in [1.165, 1.54) is 0 Å². The van der Waals surface area contributed by atoms with Gasteiger partial charge in [0.05, 0.1) is 5.56 Å². The fraction of sp³-hybridized carbons (Fsp3) is 0.227. The van der Waals surface area contributed by atoms with Crippen LogP contribution in [-0.4, -0.2) is 21.1 Å². The van der Waals surface area contributed by atoms with Gasteiger partial charge in [0.1, 0.15) is 11.2 Å². The Balaban J connectivity index is 1.45. The van der Waals surface area contributed by atoms with Crippen LogP contribution in [0.3, 0.4) is 0 Å². The molecule has 4 aromatic rings. The molecule has 0 radical (unpaired) electrons. The number of H-pyrrole nitrogens is 1. The predicted octanol–water partition coefficient (Wildman–Crippen LogP) is 4.93. The molecule has 28 heavy (non-hydrogen) atoms. The molecule has 1 fully saturated rings. The monoisotopic (exact) mass is 372 g/mol. The third kappa shape index (κ3) is 2.78. The molecular weight excluding hydrogens is 352 g/mol. The standard InChI is InChI=1S/C22H20N4O2/c1-13-4-3-5-17-18(13)25-20(28-17)16-12-23-26-19(16)14-6-8-15(9-7-14)24-21(27)22(2)10-11-22/h3-9,12H,10-11H2,1-2H3,(H,23,26)(H,24,27). The van der Waals surface area contributed by atoms with Crippen molar-refractivity contribution in [1.29, 1.82) is 0 Å². The summed E-state index contributed by atoms with van der Waals surface area (Å²) in [5, 5.41) is 10.3. The first-order chi connectivity index (χ1) is 13.5. The maximum Gasteiger partial charge on any atom is 0.231 e. The lowest BCUT2D eigenvalue weighted by Gasteiger charge is -2.10. The molecule has 0 atom stereocenters. The summed E-state index contributed by atoms with van der Waals surface area (Å²) in [7, 11) is 0. The van der Waals surface area contributed by atoms with Crippen molar-refractivity contribution in [1.82, 2.24) is 15.2 Å². The first kappa shape index (κ1) is 16.7. The summed E-state index contributed by atoms with van der Waals surface area (Å²) >= 11 is 0. The molecule has 140 valence electrons. The molecule has 0 aliphatic heterocycles. The van der Waals surface area contributed by atoms with E-state index in [-0.39, 0.29) is 11.3 Å². The van der Waals surface area contributed by atoms with Crippen molar-refractivity contribution in [3.8, 4) is 22.7 Å². The first-order valence-corrected chi connectivity index (χ1v) is 9.36. The Morgan fingerprint density at radius 1 is 1.18 bits per heavy atom. The lowest BCUT2D eigenvalue weighted by atomic mass is 10.1. The number of oxazole rings is 1. The number of aromatic nitrogens is 3. The van der Waals surface area contributed by atoms with Crippen molar-refractivity contribution in [2.24, 2.45) is 5.41 Å². The summed E-state index contributed by atoms with van der Waals surface area (Å²) < 4.78 is 5.95. The lowest BCUT2D eigenvalue weighted by Crippen LogP contribution is -2.21. The van der Waals surface area contributed by atoms with E-state index in [1.54, 1.807) is 6.20 Å². The van der Waals surface area contributed by atoms with Gasteiger partial charge >= 0.3 is 0 Å². The van der Waals surface area contributed by atoms with Crippen LogP contribution in [-0.2, 0) is 4.79 Å². The number of nitrogens with zero attached hydrogens (tertiary/aromatic N) is 2. The summed E-state index contributed by atoms with van der Waals surface area (Å²) in [6.45, 7) is 4.01. The van der Waals surface area contributed by atoms with E-state index in [4.69, 9.17) is 4.42 Å². The maximum absolute atomic E-state index is 12.2. The van der Waals surface area contributed by atoms with Gasteiger partial charge in [-0.2, -0.15) is 5.10 Å². The van der Waals surface area contributed by atoms with Crippen molar-refractivity contribution in [3.05, 3.63) is 54.2 Å². The van der Waals surface area contributed by atoms with Crippen molar-refractivity contribution < 1.29 is 9.21 Å². The summed E-state index contributed by atoms with van der Waals surface area (Å²) in [5.41, 5.74) is 5.77. The van der Waals surface area contributed by atoms with Gasteiger partial charge in [0, 0.05) is 22.9 Å². The molecule has 0 unspecified atom stereocenters. The van der Waals surface area contributed by atoms with Crippen molar-refractivity contribution in [2.75, 3.05) is 5.32 Å². The van der Waals surface area contributed by atoms with Gasteiger partial charge in [0.2, 0.25) is 11.8 Å². The molecule has 0 bridgehead atoms. The average molecular weight is 372 g/mol. The number of hydrogen-bond donors (Lipinski definition) is 2. The number of anilines is 1. The number of rotatable bonds is 4. The van der Waals surface area contributed by atoms with E-state index in [0.29, 0.717) is 5.89 Å². The predicted molar refractivity (Wildman–Crippen MR) is 108 cm³/mol. The second kappa shape index (κ2) is 6.05. The molecule has 5 rings (SSSR count). The highest BCUT2D eigenvalue weighted by molar-refractivity contribution is 5.97. The van der Waals surface area contributed by atoms with Gasteiger partial charge in [0.15, 0.2) is 5.58 Å². The zero-order chi connectivity index (χ0) is 19.3. The van der Waals surface area contributed by atoms with Crippen LogP contribution in [0.5, 0.6) is 0 Å². The number of carbonyl (C=O) groups excluding carboxylic acids is 1. The quantitative estimate of drug-likeness (QED) is 0.532. The van der Waals surface area contributed by atoms with Gasteiger partial charge in [-0.25, -0.2) is 4.98 Å². The first-order valence-electron chi connectivity index (χ1n) is 9.36. The van der Waals surface area contributed by atoms with E-state index >= 15 is 0 Å². The van der Waals surface area contributed by atoms with Gasteiger partial charge < -0.3 is 9.73 Å². The number of nitrogens with one attached hydrogen (secondary N) is 2. The van der Waals surface area contributed by atoms with Crippen LogP contribution in [0.25, 0.3) is 33.8 Å². The molecule has 2 N–H and O–H groups in total. The third-order valence-corrected chi connectivity index (χ3v) is 5.46. The van der Waals surface area contributed by atoms with Crippen molar-refractivity contribution in [2.45, 2.75) is 26.7 Å². The van der Waals surface area contributed by atoms with Crippen LogP contribution in [0.4, 0.5) is 5.69 Å². The lowest BCUT2D eigenvalue weighted by molar-refractivity contribution is -0.120. The number of aromatic amines is 1. The molecule has 1 amide bonds. The fourth-order valence-electron chi connectivity index (χ4n) is 3.28. The molecule has 2 heterocycles. The highest BCUT2D eigenvalue weighted by atomic mass is 16.3. The summed E-state index contributed by atoms with van der Waals surface area (Å²) in [6, 6.07) is 13.6. The van der Waals surface area contributed by atoms with E-state index in [9.17, 15) is 4.79 Å². The highest BCUT2D eigenvalue weighted by Gasteiger charge is 2.44. The minimum atomic E-state index is -0.195. The number of aryl methyl sites for hydroxylation is 1. The SMILES string of the molecule is Cc1cccc2oc(-c3c[nH]nc3-c3ccc(NC(=O)C4(C)CC4)cc3)nc12. The van der Waals surface area contributed by atoms with Crippen LogP contribution >= 0.6 is 0 Å². The van der Waals surface area contributed by atoms with Crippen LogP contribution in [0.2, 0.25) is 0 Å². The van der Waals surface area contributed by atoms with Crippen molar-refractivity contribution in [3.63, 3.8) is 0 Å². The largest absolute Gasteiger partial charge is 0.436 e. The van der Waals surface area contributed by atoms with E-state index in [2.05, 4.69) is 20.5 Å². The average Bonchev–Trinajstić information content (AvgIpc) is 3.10. The second-order valence-electron chi connectivity index (χ2n) is 7.68. The van der Waals surface area contributed by atoms with E-state index in [1.807, 2.05) is 56.3 Å². The molecule has 0 saturated heterocycles. The molecule has 0 spiro atoms. The summed E-state index contributed by atoms with van der Waals surface area (Å²) in [5.74, 6) is 0.620. The fourth-order valence-corrected chi connectivity index (χ4v) is 3.28. The van der Waals surface area contributed by atoms with Crippen LogP contribution in [0, 0.1) is 12.3 Å². The van der Waals surface area contributed by atoms with Gasteiger partial charge in [0.25, 0.3) is 0 Å². The normalized spacial score (nSPS) is 14.9. The topological polar surface area (TPSA) is 83.8 Å². The van der Waals surface area contributed by atoms with Crippen LogP contribution in [0.1, 0.15) is 25.3 Å². The van der Waals surface area contributed by atoms with Crippen LogP contribution in [0.15, 0.2) is 53.1 Å². The zero-order valence-electron chi connectivity index (χ0n) is 15.7. The number of hydrogen-bond acceptors (Lipinski definition) is 4. The molecule has 1 saturated carbocycles. The number of para-hydroxylation sites is 1. The molecule has 2 aromatic carbocycles. The molecule has 1 aliphatic rings. The number of fused-ring (bicyclic) bond motifs is 1. The zero-order valence-corrected chi connectivity index (χ0v) is 15.7. The molecule has 1 aliphatic carbocycles. The summed E-state index contributed by atoms with van der Waals surface area (Å²) in [6.07, 6.45) is 3.70. The Labute approximate surface area is 162 Å². The third-order valence-electron chi connectivity index (χ3n) is 5.46. The Hall–Kier alpha value is -3.41. The van der Waals surface area contributed by atoms with E-state index in [0.717, 1.165) is 52.0 Å². The van der Waals surface area contributed by atoms with Gasteiger partial charge in [-0.1, -0.05) is 31.2 Å². The minimum absolute atomic E-state index is 0.0857. The Morgan fingerprint density at radius 3 is 2.68 bits per heavy atom. The molecule has 2 aromatic heterocycles. The highest BCUT2D eigenvalue weighted by Crippen LogP contribution is 2.45. The Kier molecular flexibility index (Phi) is 3.62. The molecule has 6 nitrogen and oxygen atoms in total. The number of amides is 1. The van der Waals surface area contributed by atoms with Crippen molar-refractivity contribution >= 4 is 22.7 Å². The van der Waals surface area contributed by atoms with Gasteiger partial charge in [-0.15, -0.1) is 0 Å². The van der Waals surface area contributed by atoms with E-state index < -0.39 is 0 Å². The summed E-state index contributed by atoms with van der Waals surface area (Å²) in [4.78, 5) is 16.9. The van der Waals surface area contributed by atoms with Gasteiger partial charge in [-0.3, -0.25) is 9.89 Å². The Bertz CT molecular complexity index is 1180. The number of carbonyl (C=O) groups is 1. The minimum Gasteiger partial charge on any atom is -0.436 e. The smallest absolute Gasteiger partial charge is 0.231 e. The molecule has 6 heteroatoms. The van der Waals surface area contributed by atoms with Crippen LogP contribution < -0.4 is 5.32 Å². The van der Waals surface area contributed by atoms with Gasteiger partial charge in [-0.05, 0) is 43.5 Å². The second-order valence-corrected chi connectivity index (χ2v) is 7.68. The number of benzene rings is 2. The maximum atomic E-state index is 12.2.